The predicted octanol–water partition coefficient (Wildman–Crippen LogP) is 5.41. The number of carbonyl (C=O) groups excluding carboxylic acids is 1. The lowest BCUT2D eigenvalue weighted by atomic mass is 10.1. The number of hydrogen-bond donors (Lipinski definition) is 0. The van der Waals surface area contributed by atoms with Crippen molar-refractivity contribution in [2.24, 2.45) is 0 Å². The molecule has 0 aliphatic carbocycles. The molecule has 1 atom stereocenters. The van der Waals surface area contributed by atoms with Gasteiger partial charge in [0, 0.05) is 18.8 Å². The van der Waals surface area contributed by atoms with Gasteiger partial charge < -0.3 is 18.9 Å². The molecular weight excluding hydrogens is 612 g/mol. The fraction of sp³-hybridized carbons (Fsp3) is 0.367. The number of benzene rings is 2. The van der Waals surface area contributed by atoms with Crippen LogP contribution in [0.4, 0.5) is 0 Å². The minimum Gasteiger partial charge on any atom is -0.496 e. The molecule has 1 saturated heterocycles. The van der Waals surface area contributed by atoms with E-state index in [9.17, 15) is 14.4 Å². The summed E-state index contributed by atoms with van der Waals surface area (Å²) in [5.41, 5.74) is 1.07. The minimum absolute atomic E-state index is 0.0613. The minimum atomic E-state index is -0.548. The Hall–Kier alpha value is -3.25. The van der Waals surface area contributed by atoms with Gasteiger partial charge in [-0.15, -0.1) is 11.3 Å². The summed E-state index contributed by atoms with van der Waals surface area (Å²) < 4.78 is 26.4. The van der Waals surface area contributed by atoms with Crippen molar-refractivity contribution in [2.45, 2.75) is 45.4 Å². The zero-order valence-corrected chi connectivity index (χ0v) is 25.5. The lowest BCUT2D eigenvalue weighted by molar-refractivity contribution is -0.0752. The molecule has 4 aromatic rings. The number of nitrogens with zero attached hydrogens (tertiary/aromatic N) is 2. The second kappa shape index (κ2) is 12.7. The van der Waals surface area contributed by atoms with Crippen LogP contribution in [0.25, 0.3) is 15.9 Å². The number of rotatable bonds is 9. The number of esters is 1. The molecule has 9 nitrogen and oxygen atoms in total. The van der Waals surface area contributed by atoms with Crippen molar-refractivity contribution in [1.82, 2.24) is 9.13 Å². The van der Waals surface area contributed by atoms with Crippen LogP contribution in [0.1, 0.15) is 47.4 Å². The van der Waals surface area contributed by atoms with Crippen molar-refractivity contribution in [3.8, 4) is 11.4 Å². The Balaban J connectivity index is 1.69. The van der Waals surface area contributed by atoms with Gasteiger partial charge in [-0.25, -0.2) is 14.2 Å². The van der Waals surface area contributed by atoms with Gasteiger partial charge in [0.15, 0.2) is 0 Å². The molecule has 0 bridgehead atoms. The Morgan fingerprint density at radius 3 is 2.63 bits per heavy atom. The first-order chi connectivity index (χ1) is 19.8. The summed E-state index contributed by atoms with van der Waals surface area (Å²) in [7, 11) is 1.60. The average molecular weight is 644 g/mol. The van der Waals surface area contributed by atoms with Gasteiger partial charge in [-0.2, -0.15) is 0 Å². The van der Waals surface area contributed by atoms with Crippen molar-refractivity contribution in [3.05, 3.63) is 89.8 Å². The van der Waals surface area contributed by atoms with Crippen molar-refractivity contribution in [2.75, 3.05) is 26.9 Å². The third-order valence-corrected chi connectivity index (χ3v) is 9.31. The number of hydrogen-bond acceptors (Lipinski definition) is 8. The van der Waals surface area contributed by atoms with Crippen molar-refractivity contribution in [3.63, 3.8) is 0 Å². The monoisotopic (exact) mass is 642 g/mol. The van der Waals surface area contributed by atoms with Crippen molar-refractivity contribution < 1.29 is 23.7 Å². The quantitative estimate of drug-likeness (QED) is 0.225. The Kier molecular flexibility index (Phi) is 9.08. The normalized spacial score (nSPS) is 14.7. The number of para-hydroxylation sites is 1. The van der Waals surface area contributed by atoms with E-state index in [4.69, 9.17) is 18.9 Å². The fourth-order valence-corrected chi connectivity index (χ4v) is 6.74. The van der Waals surface area contributed by atoms with Crippen LogP contribution in [0.2, 0.25) is 0 Å². The molecule has 0 saturated carbocycles. The van der Waals surface area contributed by atoms with Gasteiger partial charge in [0.2, 0.25) is 0 Å². The van der Waals surface area contributed by atoms with Crippen LogP contribution >= 0.6 is 27.3 Å². The smallest absolute Gasteiger partial charge is 0.338 e. The zero-order valence-electron chi connectivity index (χ0n) is 23.1. The Labute approximate surface area is 249 Å². The number of methoxy groups -OCH3 is 1. The highest BCUT2D eigenvalue weighted by atomic mass is 79.9. The van der Waals surface area contributed by atoms with Crippen LogP contribution in [-0.2, 0) is 20.8 Å². The highest BCUT2D eigenvalue weighted by molar-refractivity contribution is 9.11. The van der Waals surface area contributed by atoms with E-state index < -0.39 is 23.3 Å². The molecule has 41 heavy (non-hydrogen) atoms. The maximum absolute atomic E-state index is 14.2. The van der Waals surface area contributed by atoms with E-state index >= 15 is 0 Å². The second-order valence-corrected chi connectivity index (χ2v) is 12.0. The number of halogens is 1. The summed E-state index contributed by atoms with van der Waals surface area (Å²) >= 11 is 4.90. The molecule has 0 N–H and O–H groups in total. The van der Waals surface area contributed by atoms with Crippen LogP contribution in [0.3, 0.4) is 0 Å². The SMILES string of the molecule is CCOC(=O)c1cccc(-n2c(=O)c3c(C)c(Br)sc3n(C[C@H](OC3CCOCC3)c3ccccc3OC)c2=O)c1. The molecule has 1 fully saturated rings. The molecule has 2 aromatic carbocycles. The standard InChI is InChI=1S/C30H31BrN2O7S/c1-4-39-29(35)19-8-7-9-20(16-19)33-27(34)25-18(2)26(31)41-28(25)32(30(33)36)17-24(40-21-12-14-38-15-13-21)22-10-5-6-11-23(22)37-3/h5-11,16,21,24H,4,12-15,17H2,1-3H3/t24-/m0/s1. The average Bonchev–Trinajstić information content (AvgIpc) is 3.29. The van der Waals surface area contributed by atoms with Crippen LogP contribution in [0.5, 0.6) is 5.75 Å². The molecule has 5 rings (SSSR count). The van der Waals surface area contributed by atoms with E-state index in [-0.39, 0.29) is 30.5 Å². The number of carbonyl (C=O) groups is 1. The first kappa shape index (κ1) is 29.2. The van der Waals surface area contributed by atoms with Crippen LogP contribution in [0, 0.1) is 6.92 Å². The van der Waals surface area contributed by atoms with E-state index in [1.165, 1.54) is 17.4 Å². The molecule has 1 aliphatic rings. The van der Waals surface area contributed by atoms with Crippen molar-refractivity contribution >= 4 is 43.5 Å². The molecule has 11 heteroatoms. The third-order valence-electron chi connectivity index (χ3n) is 7.13. The van der Waals surface area contributed by atoms with Crippen LogP contribution in [0.15, 0.2) is 61.9 Å². The molecule has 0 radical (unpaired) electrons. The molecule has 0 unspecified atom stereocenters. The Bertz CT molecular complexity index is 1690. The second-order valence-electron chi connectivity index (χ2n) is 9.66. The van der Waals surface area contributed by atoms with E-state index in [1.807, 2.05) is 31.2 Å². The zero-order chi connectivity index (χ0) is 29.1. The third kappa shape index (κ3) is 5.90. The molecular formula is C30H31BrN2O7S. The molecule has 0 spiro atoms. The lowest BCUT2D eigenvalue weighted by Crippen LogP contribution is -2.40. The summed E-state index contributed by atoms with van der Waals surface area (Å²) in [4.78, 5) is 41.1. The van der Waals surface area contributed by atoms with Gasteiger partial charge in [-0.05, 0) is 72.4 Å². The summed E-state index contributed by atoms with van der Waals surface area (Å²) in [5.74, 6) is 0.118. The first-order valence-electron chi connectivity index (χ1n) is 13.4. The summed E-state index contributed by atoms with van der Waals surface area (Å²) in [5, 5.41) is 0.424. The van der Waals surface area contributed by atoms with E-state index in [0.717, 1.165) is 32.3 Å². The van der Waals surface area contributed by atoms with Crippen LogP contribution in [-0.4, -0.2) is 48.1 Å². The molecule has 2 aromatic heterocycles. The summed E-state index contributed by atoms with van der Waals surface area (Å²) in [6, 6.07) is 13.9. The number of fused-ring (bicyclic) bond motifs is 1. The summed E-state index contributed by atoms with van der Waals surface area (Å²) in [6.07, 6.45) is 0.862. The van der Waals surface area contributed by atoms with E-state index in [1.54, 1.807) is 36.8 Å². The van der Waals surface area contributed by atoms with Gasteiger partial charge in [0.25, 0.3) is 5.56 Å². The molecule has 0 amide bonds. The van der Waals surface area contributed by atoms with Gasteiger partial charge >= 0.3 is 11.7 Å². The number of thiophene rings is 1. The molecule has 216 valence electrons. The van der Waals surface area contributed by atoms with E-state index in [0.29, 0.717) is 29.2 Å². The van der Waals surface area contributed by atoms with Gasteiger partial charge in [0.1, 0.15) is 16.7 Å². The lowest BCUT2D eigenvalue weighted by Gasteiger charge is -2.29. The van der Waals surface area contributed by atoms with Crippen molar-refractivity contribution in [1.29, 1.82) is 0 Å². The number of ether oxygens (including phenoxy) is 4. The topological polar surface area (TPSA) is 98.0 Å². The summed E-state index contributed by atoms with van der Waals surface area (Å²) in [6.45, 7) is 5.11. The molecule has 3 heterocycles. The van der Waals surface area contributed by atoms with Gasteiger partial charge in [-0.1, -0.05) is 24.3 Å². The van der Waals surface area contributed by atoms with Gasteiger partial charge in [0.05, 0.1) is 46.8 Å². The maximum atomic E-state index is 14.2. The highest BCUT2D eigenvalue weighted by Crippen LogP contribution is 2.35. The predicted molar refractivity (Wildman–Crippen MR) is 161 cm³/mol. The number of aryl methyl sites for hydroxylation is 1. The highest BCUT2D eigenvalue weighted by Gasteiger charge is 2.27. The first-order valence-corrected chi connectivity index (χ1v) is 15.0. The van der Waals surface area contributed by atoms with Gasteiger partial charge in [-0.3, -0.25) is 9.36 Å². The van der Waals surface area contributed by atoms with E-state index in [2.05, 4.69) is 15.9 Å². The fourth-order valence-electron chi connectivity index (χ4n) is 5.05. The van der Waals surface area contributed by atoms with Crippen LogP contribution < -0.4 is 16.0 Å². The molecule has 1 aliphatic heterocycles. The maximum Gasteiger partial charge on any atom is 0.338 e. The Morgan fingerprint density at radius 1 is 1.15 bits per heavy atom. The largest absolute Gasteiger partial charge is 0.496 e. The Morgan fingerprint density at radius 2 is 1.90 bits per heavy atom. The number of aromatic nitrogens is 2.